The molecule has 0 aliphatic carbocycles. The highest BCUT2D eigenvalue weighted by Crippen LogP contribution is 2.24. The molecule has 134 valence electrons. The fourth-order valence-electron chi connectivity index (χ4n) is 2.70. The molecule has 0 bridgehead atoms. The number of amides is 1. The topological polar surface area (TPSA) is 67.4 Å². The maximum Gasteiger partial charge on any atom is 0.220 e. The Hall–Kier alpha value is -1.11. The zero-order chi connectivity index (χ0) is 16.7. The lowest BCUT2D eigenvalue weighted by Crippen LogP contribution is -2.38. The molecule has 1 aromatic rings. The highest BCUT2D eigenvalue weighted by atomic mass is 79.9. The van der Waals surface area contributed by atoms with Crippen LogP contribution in [0.4, 0.5) is 0 Å². The number of Topliss-reactive ketones (excluding diaryl/α,β-unsaturated/α-hetero) is 1. The fraction of sp³-hybridized carbons (Fsp3) is 0.529. The summed E-state index contributed by atoms with van der Waals surface area (Å²) >= 11 is 3.35. The van der Waals surface area contributed by atoms with Crippen LogP contribution in [0.15, 0.2) is 22.7 Å². The Morgan fingerprint density at radius 2 is 2.17 bits per heavy atom. The van der Waals surface area contributed by atoms with Gasteiger partial charge in [0.15, 0.2) is 5.78 Å². The molecule has 1 heterocycles. The van der Waals surface area contributed by atoms with Crippen molar-refractivity contribution in [2.75, 3.05) is 26.7 Å². The third-order valence-corrected chi connectivity index (χ3v) is 4.52. The number of carbonyl (C=O) groups excluding carboxylic acids is 2. The molecule has 1 aliphatic heterocycles. The second kappa shape index (κ2) is 10.7. The first-order valence-corrected chi connectivity index (χ1v) is 8.73. The van der Waals surface area contributed by atoms with Crippen molar-refractivity contribution in [3.63, 3.8) is 0 Å². The summed E-state index contributed by atoms with van der Waals surface area (Å²) in [5.41, 5.74) is 0.506. The van der Waals surface area contributed by atoms with Crippen molar-refractivity contribution in [2.24, 2.45) is 5.92 Å². The zero-order valence-electron chi connectivity index (χ0n) is 13.8. The van der Waals surface area contributed by atoms with Crippen LogP contribution in [0.3, 0.4) is 0 Å². The number of rotatable bonds is 7. The van der Waals surface area contributed by atoms with Gasteiger partial charge in [0, 0.05) is 23.9 Å². The predicted octanol–water partition coefficient (Wildman–Crippen LogP) is 2.96. The standard InChI is InChI=1S/C17H23BrN2O3.ClH/c1-23-16-6-4-13(18)9-14(16)15(21)5-7-17(22)20-11-12-3-2-8-19-10-12;/h4,6,9,12,19H,2-3,5,7-8,10-11H2,1H3,(H,20,22);1H. The van der Waals surface area contributed by atoms with Crippen LogP contribution in [-0.2, 0) is 4.79 Å². The van der Waals surface area contributed by atoms with Gasteiger partial charge in [-0.2, -0.15) is 0 Å². The normalized spacial score (nSPS) is 16.8. The van der Waals surface area contributed by atoms with Crippen LogP contribution in [0.1, 0.15) is 36.0 Å². The Balaban J connectivity index is 0.00000288. The smallest absolute Gasteiger partial charge is 0.220 e. The van der Waals surface area contributed by atoms with Crippen molar-refractivity contribution in [3.05, 3.63) is 28.2 Å². The van der Waals surface area contributed by atoms with Crippen LogP contribution in [0.2, 0.25) is 0 Å². The van der Waals surface area contributed by atoms with Gasteiger partial charge in [0.1, 0.15) is 5.75 Å². The van der Waals surface area contributed by atoms with Crippen molar-refractivity contribution in [1.82, 2.24) is 10.6 Å². The van der Waals surface area contributed by atoms with E-state index in [1.54, 1.807) is 12.1 Å². The first kappa shape index (κ1) is 20.9. The highest BCUT2D eigenvalue weighted by molar-refractivity contribution is 9.10. The Labute approximate surface area is 157 Å². The molecular weight excluding hydrogens is 396 g/mol. The first-order chi connectivity index (χ1) is 11.1. The number of ketones is 1. The van der Waals surface area contributed by atoms with E-state index in [2.05, 4.69) is 26.6 Å². The number of hydrogen-bond acceptors (Lipinski definition) is 4. The molecule has 1 saturated heterocycles. The lowest BCUT2D eigenvalue weighted by Gasteiger charge is -2.22. The van der Waals surface area contributed by atoms with E-state index in [1.807, 2.05) is 6.07 Å². The van der Waals surface area contributed by atoms with Crippen LogP contribution in [-0.4, -0.2) is 38.4 Å². The molecule has 0 spiro atoms. The summed E-state index contributed by atoms with van der Waals surface area (Å²) in [5, 5.41) is 6.25. The van der Waals surface area contributed by atoms with Gasteiger partial charge in [-0.3, -0.25) is 9.59 Å². The van der Waals surface area contributed by atoms with Crippen molar-refractivity contribution < 1.29 is 14.3 Å². The molecule has 1 unspecified atom stereocenters. The maximum atomic E-state index is 12.3. The number of nitrogens with one attached hydrogen (secondary N) is 2. The molecule has 0 aromatic heterocycles. The molecule has 2 rings (SSSR count). The number of methoxy groups -OCH3 is 1. The van der Waals surface area contributed by atoms with Gasteiger partial charge in [0.2, 0.25) is 5.91 Å². The van der Waals surface area contributed by atoms with Crippen molar-refractivity contribution in [1.29, 1.82) is 0 Å². The molecule has 1 atom stereocenters. The Morgan fingerprint density at radius 1 is 1.38 bits per heavy atom. The van der Waals surface area contributed by atoms with E-state index >= 15 is 0 Å². The van der Waals surface area contributed by atoms with E-state index in [9.17, 15) is 9.59 Å². The molecular formula is C17H24BrClN2O3. The van der Waals surface area contributed by atoms with Crippen molar-refractivity contribution >= 4 is 40.0 Å². The number of ether oxygens (including phenoxy) is 1. The average molecular weight is 420 g/mol. The first-order valence-electron chi connectivity index (χ1n) is 7.94. The van der Waals surface area contributed by atoms with Gasteiger partial charge in [-0.05, 0) is 50.0 Å². The Bertz CT molecular complexity index is 563. The van der Waals surface area contributed by atoms with E-state index < -0.39 is 0 Å². The quantitative estimate of drug-likeness (QED) is 0.667. The summed E-state index contributed by atoms with van der Waals surface area (Å²) in [4.78, 5) is 24.2. The van der Waals surface area contributed by atoms with Gasteiger partial charge in [-0.1, -0.05) is 15.9 Å². The third kappa shape index (κ3) is 6.42. The molecule has 0 radical (unpaired) electrons. The average Bonchev–Trinajstić information content (AvgIpc) is 2.58. The van der Waals surface area contributed by atoms with Gasteiger partial charge in [0.05, 0.1) is 12.7 Å². The summed E-state index contributed by atoms with van der Waals surface area (Å²) in [6.45, 7) is 2.70. The summed E-state index contributed by atoms with van der Waals surface area (Å²) in [5.74, 6) is 0.871. The Morgan fingerprint density at radius 3 is 2.83 bits per heavy atom. The SMILES string of the molecule is COc1ccc(Br)cc1C(=O)CCC(=O)NCC1CCCNC1.Cl. The second-order valence-electron chi connectivity index (χ2n) is 5.78. The van der Waals surface area contributed by atoms with Crippen LogP contribution in [0.5, 0.6) is 5.75 Å². The Kier molecular flexibility index (Phi) is 9.33. The van der Waals surface area contributed by atoms with Crippen LogP contribution < -0.4 is 15.4 Å². The molecule has 5 nitrogen and oxygen atoms in total. The zero-order valence-corrected chi connectivity index (χ0v) is 16.2. The van der Waals surface area contributed by atoms with Gasteiger partial charge in [0.25, 0.3) is 0 Å². The van der Waals surface area contributed by atoms with E-state index in [0.717, 1.165) is 30.4 Å². The monoisotopic (exact) mass is 418 g/mol. The molecule has 1 fully saturated rings. The summed E-state index contributed by atoms with van der Waals surface area (Å²) in [6.07, 6.45) is 2.68. The lowest BCUT2D eigenvalue weighted by molar-refractivity contribution is -0.121. The fourth-order valence-corrected chi connectivity index (χ4v) is 3.07. The minimum absolute atomic E-state index is 0. The van der Waals surface area contributed by atoms with E-state index in [0.29, 0.717) is 23.8 Å². The summed E-state index contributed by atoms with van der Waals surface area (Å²) in [7, 11) is 1.53. The lowest BCUT2D eigenvalue weighted by atomic mass is 9.99. The van der Waals surface area contributed by atoms with Gasteiger partial charge >= 0.3 is 0 Å². The predicted molar refractivity (Wildman–Crippen MR) is 100 cm³/mol. The van der Waals surface area contributed by atoms with Crippen molar-refractivity contribution in [2.45, 2.75) is 25.7 Å². The number of halogens is 2. The highest BCUT2D eigenvalue weighted by Gasteiger charge is 2.16. The number of piperidine rings is 1. The van der Waals surface area contributed by atoms with Crippen LogP contribution in [0, 0.1) is 5.92 Å². The number of carbonyl (C=O) groups is 2. The molecule has 7 heteroatoms. The molecule has 2 N–H and O–H groups in total. The largest absolute Gasteiger partial charge is 0.496 e. The molecule has 1 aromatic carbocycles. The number of hydrogen-bond donors (Lipinski definition) is 2. The maximum absolute atomic E-state index is 12.3. The van der Waals surface area contributed by atoms with Gasteiger partial charge < -0.3 is 15.4 Å². The van der Waals surface area contributed by atoms with E-state index in [4.69, 9.17) is 4.74 Å². The minimum Gasteiger partial charge on any atom is -0.496 e. The van der Waals surface area contributed by atoms with Crippen molar-refractivity contribution in [3.8, 4) is 5.75 Å². The van der Waals surface area contributed by atoms with Gasteiger partial charge in [-0.15, -0.1) is 12.4 Å². The molecule has 0 saturated carbocycles. The molecule has 1 aliphatic rings. The second-order valence-corrected chi connectivity index (χ2v) is 6.70. The third-order valence-electron chi connectivity index (χ3n) is 4.03. The molecule has 1 amide bonds. The summed E-state index contributed by atoms with van der Waals surface area (Å²) < 4.78 is 6.02. The van der Waals surface area contributed by atoms with Crippen LogP contribution in [0.25, 0.3) is 0 Å². The van der Waals surface area contributed by atoms with E-state index in [-0.39, 0.29) is 36.9 Å². The van der Waals surface area contributed by atoms with Crippen LogP contribution >= 0.6 is 28.3 Å². The van der Waals surface area contributed by atoms with Gasteiger partial charge in [-0.25, -0.2) is 0 Å². The minimum atomic E-state index is -0.0855. The number of benzene rings is 1. The van der Waals surface area contributed by atoms with E-state index in [1.165, 1.54) is 7.11 Å². The molecule has 24 heavy (non-hydrogen) atoms. The summed E-state index contributed by atoms with van der Waals surface area (Å²) in [6, 6.07) is 5.29.